The average molecular weight is 551 g/mol. The van der Waals surface area contributed by atoms with Gasteiger partial charge in [-0.3, -0.25) is 4.79 Å². The standard InChI is InChI=1S/C28H28Cl2N6O2/c1-18(38-27-9-6-22(30)15-32-27)24-16-36(17-25(24)19-2-4-21(29)5-3-19)28(37)20-10-12-35(13-11-20)26-8-7-23(14-31)33-34-26/h2-9,15,18,20,24-25H,10-13,16-17H2,1H3. The van der Waals surface area contributed by atoms with E-state index < -0.39 is 0 Å². The Morgan fingerprint density at radius 3 is 2.39 bits per heavy atom. The van der Waals surface area contributed by atoms with Gasteiger partial charge in [0.2, 0.25) is 11.8 Å². The first kappa shape index (κ1) is 26.2. The Hall–Kier alpha value is -3.41. The van der Waals surface area contributed by atoms with Crippen molar-refractivity contribution in [1.29, 1.82) is 5.26 Å². The Morgan fingerprint density at radius 1 is 1.03 bits per heavy atom. The van der Waals surface area contributed by atoms with Crippen LogP contribution in [0, 0.1) is 23.2 Å². The molecule has 10 heteroatoms. The second kappa shape index (κ2) is 11.5. The van der Waals surface area contributed by atoms with Crippen LogP contribution < -0.4 is 9.64 Å². The monoisotopic (exact) mass is 550 g/mol. The van der Waals surface area contributed by atoms with E-state index in [0.29, 0.717) is 34.7 Å². The molecule has 3 unspecified atom stereocenters. The number of rotatable bonds is 6. The van der Waals surface area contributed by atoms with E-state index in [1.165, 1.54) is 0 Å². The number of hydrogen-bond acceptors (Lipinski definition) is 7. The molecule has 2 saturated heterocycles. The summed E-state index contributed by atoms with van der Waals surface area (Å²) in [4.78, 5) is 22.1. The topological polar surface area (TPSA) is 95.2 Å². The molecule has 0 radical (unpaired) electrons. The number of hydrogen-bond donors (Lipinski definition) is 0. The number of nitrogens with zero attached hydrogens (tertiary/aromatic N) is 6. The number of piperidine rings is 1. The Bertz CT molecular complexity index is 1290. The highest BCUT2D eigenvalue weighted by atomic mass is 35.5. The van der Waals surface area contributed by atoms with E-state index in [2.05, 4.69) is 20.1 Å². The number of benzene rings is 1. The predicted octanol–water partition coefficient (Wildman–Crippen LogP) is 4.98. The highest BCUT2D eigenvalue weighted by molar-refractivity contribution is 6.30. The van der Waals surface area contributed by atoms with Crippen LogP contribution in [0.3, 0.4) is 0 Å². The zero-order valence-electron chi connectivity index (χ0n) is 21.0. The van der Waals surface area contributed by atoms with Gasteiger partial charge in [-0.05, 0) is 55.7 Å². The van der Waals surface area contributed by atoms with Crippen LogP contribution in [0.2, 0.25) is 10.0 Å². The van der Waals surface area contributed by atoms with E-state index in [-0.39, 0.29) is 29.8 Å². The lowest BCUT2D eigenvalue weighted by molar-refractivity contribution is -0.135. The molecule has 0 N–H and O–H groups in total. The zero-order chi connectivity index (χ0) is 26.6. The van der Waals surface area contributed by atoms with Crippen molar-refractivity contribution in [3.8, 4) is 11.9 Å². The normalized spacial score (nSPS) is 20.7. The van der Waals surface area contributed by atoms with Gasteiger partial charge in [0.25, 0.3) is 0 Å². The van der Waals surface area contributed by atoms with E-state index in [1.54, 1.807) is 24.4 Å². The first-order valence-corrected chi connectivity index (χ1v) is 13.5. The predicted molar refractivity (Wildman–Crippen MR) is 145 cm³/mol. The number of carbonyl (C=O) groups is 1. The Kier molecular flexibility index (Phi) is 7.96. The van der Waals surface area contributed by atoms with Gasteiger partial charge in [0.05, 0.1) is 5.02 Å². The molecule has 2 fully saturated rings. The second-order valence-corrected chi connectivity index (χ2v) is 10.7. The van der Waals surface area contributed by atoms with Gasteiger partial charge in [0, 0.05) is 61.2 Å². The molecule has 2 aliphatic rings. The van der Waals surface area contributed by atoms with E-state index >= 15 is 0 Å². The molecule has 8 nitrogen and oxygen atoms in total. The first-order chi connectivity index (χ1) is 18.4. The van der Waals surface area contributed by atoms with Crippen molar-refractivity contribution in [2.24, 2.45) is 11.8 Å². The van der Waals surface area contributed by atoms with Crippen molar-refractivity contribution in [2.45, 2.75) is 31.8 Å². The minimum Gasteiger partial charge on any atom is -0.474 e. The number of pyridine rings is 1. The summed E-state index contributed by atoms with van der Waals surface area (Å²) in [5.74, 6) is 1.60. The maximum absolute atomic E-state index is 13.7. The summed E-state index contributed by atoms with van der Waals surface area (Å²) in [6.07, 6.45) is 2.89. The third-order valence-corrected chi connectivity index (χ3v) is 7.99. The third-order valence-electron chi connectivity index (χ3n) is 7.52. The van der Waals surface area contributed by atoms with Crippen LogP contribution in [-0.2, 0) is 4.79 Å². The molecule has 38 heavy (non-hydrogen) atoms. The molecular weight excluding hydrogens is 523 g/mol. The fourth-order valence-corrected chi connectivity index (χ4v) is 5.66. The molecule has 1 amide bonds. The summed E-state index contributed by atoms with van der Waals surface area (Å²) in [5.41, 5.74) is 1.44. The van der Waals surface area contributed by atoms with Crippen molar-refractivity contribution in [3.63, 3.8) is 0 Å². The van der Waals surface area contributed by atoms with E-state index in [1.807, 2.05) is 48.2 Å². The number of carbonyl (C=O) groups excluding carboxylic acids is 1. The molecule has 3 atom stereocenters. The molecule has 5 rings (SSSR count). The fourth-order valence-electron chi connectivity index (χ4n) is 5.42. The molecule has 1 aromatic carbocycles. The van der Waals surface area contributed by atoms with Gasteiger partial charge >= 0.3 is 0 Å². The summed E-state index contributed by atoms with van der Waals surface area (Å²) >= 11 is 12.1. The number of aromatic nitrogens is 3. The molecule has 0 bridgehead atoms. The van der Waals surface area contributed by atoms with Gasteiger partial charge in [-0.1, -0.05) is 35.3 Å². The lowest BCUT2D eigenvalue weighted by Crippen LogP contribution is -2.42. The number of amides is 1. The van der Waals surface area contributed by atoms with E-state index in [0.717, 1.165) is 37.3 Å². The molecule has 0 aliphatic carbocycles. The second-order valence-electron chi connectivity index (χ2n) is 9.85. The van der Waals surface area contributed by atoms with Crippen molar-refractivity contribution in [2.75, 3.05) is 31.1 Å². The Labute approximate surface area is 232 Å². The summed E-state index contributed by atoms with van der Waals surface area (Å²) in [6.45, 7) is 4.72. The molecule has 3 aromatic rings. The third kappa shape index (κ3) is 5.85. The summed E-state index contributed by atoms with van der Waals surface area (Å²) in [6, 6.07) is 16.9. The van der Waals surface area contributed by atoms with Crippen LogP contribution in [0.4, 0.5) is 5.82 Å². The molecule has 196 valence electrons. The van der Waals surface area contributed by atoms with Gasteiger partial charge in [-0.15, -0.1) is 10.2 Å². The van der Waals surface area contributed by atoms with Gasteiger partial charge in [-0.2, -0.15) is 5.26 Å². The molecule has 0 spiro atoms. The molecule has 2 aromatic heterocycles. The van der Waals surface area contributed by atoms with Gasteiger partial charge < -0.3 is 14.5 Å². The van der Waals surface area contributed by atoms with E-state index in [9.17, 15) is 4.79 Å². The number of nitriles is 1. The molecule has 2 aliphatic heterocycles. The van der Waals surface area contributed by atoms with Gasteiger partial charge in [-0.25, -0.2) is 4.98 Å². The molecular formula is C28H28Cl2N6O2. The maximum Gasteiger partial charge on any atom is 0.225 e. The minimum absolute atomic E-state index is 0.0450. The quantitative estimate of drug-likeness (QED) is 0.427. The van der Waals surface area contributed by atoms with Crippen molar-refractivity contribution >= 4 is 34.9 Å². The van der Waals surface area contributed by atoms with Crippen molar-refractivity contribution in [1.82, 2.24) is 20.1 Å². The van der Waals surface area contributed by atoms with Crippen LogP contribution in [0.1, 0.15) is 36.9 Å². The smallest absolute Gasteiger partial charge is 0.225 e. The highest BCUT2D eigenvalue weighted by Gasteiger charge is 2.42. The lowest BCUT2D eigenvalue weighted by atomic mass is 9.86. The molecule has 0 saturated carbocycles. The maximum atomic E-state index is 13.7. The summed E-state index contributed by atoms with van der Waals surface area (Å²) in [5, 5.41) is 18.3. The van der Waals surface area contributed by atoms with Crippen molar-refractivity contribution < 1.29 is 9.53 Å². The van der Waals surface area contributed by atoms with Crippen LogP contribution in [-0.4, -0.2) is 58.3 Å². The average Bonchev–Trinajstić information content (AvgIpc) is 3.40. The largest absolute Gasteiger partial charge is 0.474 e. The lowest BCUT2D eigenvalue weighted by Gasteiger charge is -2.33. The van der Waals surface area contributed by atoms with Crippen molar-refractivity contribution in [3.05, 3.63) is 76.0 Å². The number of halogens is 2. The Balaban J connectivity index is 1.27. The fraction of sp³-hybridized carbons (Fsp3) is 0.393. The zero-order valence-corrected chi connectivity index (χ0v) is 22.5. The number of ether oxygens (including phenoxy) is 1. The van der Waals surface area contributed by atoms with Crippen LogP contribution in [0.15, 0.2) is 54.7 Å². The highest BCUT2D eigenvalue weighted by Crippen LogP contribution is 2.38. The van der Waals surface area contributed by atoms with Gasteiger partial charge in [0.1, 0.15) is 12.2 Å². The number of anilines is 1. The molecule has 4 heterocycles. The van der Waals surface area contributed by atoms with E-state index in [4.69, 9.17) is 33.2 Å². The SMILES string of the molecule is CC(Oc1ccc(Cl)cn1)C1CN(C(=O)C2CCN(c3ccc(C#N)nn3)CC2)CC1c1ccc(Cl)cc1. The first-order valence-electron chi connectivity index (χ1n) is 12.7. The van der Waals surface area contributed by atoms with Gasteiger partial charge in [0.15, 0.2) is 11.5 Å². The van der Waals surface area contributed by atoms with Crippen LogP contribution in [0.5, 0.6) is 5.88 Å². The summed E-state index contributed by atoms with van der Waals surface area (Å²) < 4.78 is 6.21. The number of likely N-dealkylation sites (tertiary alicyclic amines) is 1. The minimum atomic E-state index is -0.168. The van der Waals surface area contributed by atoms with Crippen LogP contribution in [0.25, 0.3) is 0 Å². The van der Waals surface area contributed by atoms with Crippen LogP contribution >= 0.6 is 23.2 Å². The summed E-state index contributed by atoms with van der Waals surface area (Å²) in [7, 11) is 0. The Morgan fingerprint density at radius 2 is 1.76 bits per heavy atom.